The number of fused-ring (bicyclic) bond motifs is 1. The highest BCUT2D eigenvalue weighted by molar-refractivity contribution is 5.95. The first-order valence-corrected chi connectivity index (χ1v) is 10.3. The number of nitriles is 1. The molecule has 6 heteroatoms. The Balaban J connectivity index is 1.80. The lowest BCUT2D eigenvalue weighted by atomic mass is 9.88. The van der Waals surface area contributed by atoms with E-state index >= 15 is 0 Å². The van der Waals surface area contributed by atoms with Crippen molar-refractivity contribution in [2.75, 3.05) is 18.0 Å². The van der Waals surface area contributed by atoms with Gasteiger partial charge in [-0.15, -0.1) is 0 Å². The third-order valence-electron chi connectivity index (χ3n) is 5.38. The van der Waals surface area contributed by atoms with Crippen molar-refractivity contribution in [1.82, 2.24) is 10.3 Å². The third kappa shape index (κ3) is 5.04. The topological polar surface area (TPSA) is 95.0 Å². The van der Waals surface area contributed by atoms with Crippen LogP contribution in [0.15, 0.2) is 30.5 Å². The second-order valence-corrected chi connectivity index (χ2v) is 9.47. The van der Waals surface area contributed by atoms with Crippen molar-refractivity contribution in [3.8, 4) is 6.07 Å². The number of nitrogens with two attached hydrogens (primary N) is 1. The molecular weight excluding hydrogens is 362 g/mol. The standard InChI is InChI=1S/C23H31N5O/c1-15-10-17(27-22(29)19(25)11-23(2,3)4)14-28(13-15)20-8-7-16(12-24)21-18(20)6-5-9-26-21/h5-9,15,17,19H,10-11,13-14,25H2,1-4H3,(H,27,29). The number of pyridine rings is 1. The summed E-state index contributed by atoms with van der Waals surface area (Å²) in [5.74, 6) is 0.348. The maximum atomic E-state index is 12.6. The highest BCUT2D eigenvalue weighted by Crippen LogP contribution is 2.31. The Morgan fingerprint density at radius 2 is 2.14 bits per heavy atom. The van der Waals surface area contributed by atoms with Crippen molar-refractivity contribution in [3.63, 3.8) is 0 Å². The highest BCUT2D eigenvalue weighted by atomic mass is 16.2. The van der Waals surface area contributed by atoms with Gasteiger partial charge in [0.2, 0.25) is 5.91 Å². The van der Waals surface area contributed by atoms with Crippen molar-refractivity contribution >= 4 is 22.5 Å². The number of anilines is 1. The molecule has 1 aromatic heterocycles. The summed E-state index contributed by atoms with van der Waals surface area (Å²) in [7, 11) is 0. The summed E-state index contributed by atoms with van der Waals surface area (Å²) in [5.41, 5.74) is 8.50. The summed E-state index contributed by atoms with van der Waals surface area (Å²) < 4.78 is 0. The van der Waals surface area contributed by atoms with E-state index in [1.165, 1.54) is 0 Å². The molecule has 3 rings (SSSR count). The van der Waals surface area contributed by atoms with E-state index in [0.29, 0.717) is 24.4 Å². The van der Waals surface area contributed by atoms with E-state index in [-0.39, 0.29) is 17.4 Å². The van der Waals surface area contributed by atoms with E-state index < -0.39 is 6.04 Å². The molecule has 1 aromatic carbocycles. The monoisotopic (exact) mass is 393 g/mol. The molecule has 0 aliphatic carbocycles. The van der Waals surface area contributed by atoms with Crippen LogP contribution in [0.1, 0.15) is 46.1 Å². The lowest BCUT2D eigenvalue weighted by Gasteiger charge is -2.39. The Hall–Kier alpha value is -2.65. The second kappa shape index (κ2) is 8.38. The molecule has 3 unspecified atom stereocenters. The van der Waals surface area contributed by atoms with E-state index in [4.69, 9.17) is 5.73 Å². The predicted octanol–water partition coefficient (Wildman–Crippen LogP) is 3.20. The summed E-state index contributed by atoms with van der Waals surface area (Å²) in [6.07, 6.45) is 3.29. The van der Waals surface area contributed by atoms with Gasteiger partial charge in [0.15, 0.2) is 0 Å². The molecule has 29 heavy (non-hydrogen) atoms. The Morgan fingerprint density at radius 1 is 1.38 bits per heavy atom. The third-order valence-corrected chi connectivity index (χ3v) is 5.38. The number of hydrogen-bond acceptors (Lipinski definition) is 5. The minimum Gasteiger partial charge on any atom is -0.369 e. The number of piperidine rings is 1. The molecule has 1 fully saturated rings. The van der Waals surface area contributed by atoms with Gasteiger partial charge >= 0.3 is 0 Å². The Kier molecular flexibility index (Phi) is 6.09. The molecule has 154 valence electrons. The molecule has 2 heterocycles. The van der Waals surface area contributed by atoms with Crippen LogP contribution in [0.5, 0.6) is 0 Å². The first-order valence-electron chi connectivity index (χ1n) is 10.3. The fourth-order valence-electron chi connectivity index (χ4n) is 4.24. The second-order valence-electron chi connectivity index (χ2n) is 9.47. The number of aromatic nitrogens is 1. The quantitative estimate of drug-likeness (QED) is 0.832. The Labute approximate surface area is 173 Å². The Bertz CT molecular complexity index is 927. The van der Waals surface area contributed by atoms with E-state index in [1.54, 1.807) is 6.20 Å². The van der Waals surface area contributed by atoms with Crippen molar-refractivity contribution in [2.45, 2.75) is 52.6 Å². The average molecular weight is 394 g/mol. The lowest BCUT2D eigenvalue weighted by molar-refractivity contribution is -0.123. The SMILES string of the molecule is CC1CC(NC(=O)C(N)CC(C)(C)C)CN(c2ccc(C#N)c3ncccc23)C1. The fourth-order valence-corrected chi connectivity index (χ4v) is 4.24. The fraction of sp³-hybridized carbons (Fsp3) is 0.522. The van der Waals surface area contributed by atoms with Gasteiger partial charge in [-0.05, 0) is 48.4 Å². The smallest absolute Gasteiger partial charge is 0.237 e. The van der Waals surface area contributed by atoms with E-state index in [1.807, 2.05) is 24.3 Å². The molecule has 0 bridgehead atoms. The molecule has 3 N–H and O–H groups in total. The molecule has 0 radical (unpaired) electrons. The largest absolute Gasteiger partial charge is 0.369 e. The van der Waals surface area contributed by atoms with Gasteiger partial charge in [-0.25, -0.2) is 0 Å². The summed E-state index contributed by atoms with van der Waals surface area (Å²) >= 11 is 0. The van der Waals surface area contributed by atoms with Crippen LogP contribution in [0.2, 0.25) is 0 Å². The number of carbonyl (C=O) groups is 1. The molecule has 0 spiro atoms. The number of rotatable bonds is 4. The van der Waals surface area contributed by atoms with E-state index in [0.717, 1.165) is 29.6 Å². The molecule has 6 nitrogen and oxygen atoms in total. The van der Waals surface area contributed by atoms with Gasteiger partial charge in [0.05, 0.1) is 17.1 Å². The van der Waals surface area contributed by atoms with Crippen molar-refractivity contribution in [1.29, 1.82) is 5.26 Å². The number of carbonyl (C=O) groups excluding carboxylic acids is 1. The minimum atomic E-state index is -0.499. The summed E-state index contributed by atoms with van der Waals surface area (Å²) in [6.45, 7) is 10.1. The molecular formula is C23H31N5O. The average Bonchev–Trinajstić information content (AvgIpc) is 2.65. The first kappa shape index (κ1) is 21.1. The molecule has 1 saturated heterocycles. The number of amides is 1. The highest BCUT2D eigenvalue weighted by Gasteiger charge is 2.29. The predicted molar refractivity (Wildman–Crippen MR) is 116 cm³/mol. The maximum Gasteiger partial charge on any atom is 0.237 e. The summed E-state index contributed by atoms with van der Waals surface area (Å²) in [4.78, 5) is 19.3. The van der Waals surface area contributed by atoms with Crippen molar-refractivity contribution in [3.05, 3.63) is 36.0 Å². The molecule has 1 aliphatic rings. The van der Waals surface area contributed by atoms with Gasteiger partial charge in [-0.3, -0.25) is 9.78 Å². The van der Waals surface area contributed by atoms with Gasteiger partial charge in [0.25, 0.3) is 0 Å². The van der Waals surface area contributed by atoms with Crippen LogP contribution in [0, 0.1) is 22.7 Å². The van der Waals surface area contributed by atoms with Crippen LogP contribution >= 0.6 is 0 Å². The summed E-state index contributed by atoms with van der Waals surface area (Å²) in [6, 6.07) is 9.48. The maximum absolute atomic E-state index is 12.6. The van der Waals surface area contributed by atoms with Gasteiger partial charge in [-0.1, -0.05) is 27.7 Å². The van der Waals surface area contributed by atoms with Crippen LogP contribution in [0.3, 0.4) is 0 Å². The van der Waals surface area contributed by atoms with Crippen molar-refractivity contribution < 1.29 is 4.79 Å². The van der Waals surface area contributed by atoms with E-state index in [2.05, 4.69) is 49.0 Å². The van der Waals surface area contributed by atoms with E-state index in [9.17, 15) is 10.1 Å². The minimum absolute atomic E-state index is 0.0110. The van der Waals surface area contributed by atoms with Crippen LogP contribution in [-0.2, 0) is 4.79 Å². The van der Waals surface area contributed by atoms with Gasteiger partial charge in [-0.2, -0.15) is 5.26 Å². The summed E-state index contributed by atoms with van der Waals surface area (Å²) in [5, 5.41) is 13.5. The zero-order valence-electron chi connectivity index (χ0n) is 17.8. The van der Waals surface area contributed by atoms with Crippen LogP contribution in [0.25, 0.3) is 10.9 Å². The van der Waals surface area contributed by atoms with Crippen LogP contribution < -0.4 is 16.0 Å². The molecule has 1 aliphatic heterocycles. The number of hydrogen-bond donors (Lipinski definition) is 2. The van der Waals surface area contributed by atoms with Gasteiger partial charge in [0, 0.05) is 36.4 Å². The zero-order valence-corrected chi connectivity index (χ0v) is 17.8. The molecule has 1 amide bonds. The number of nitrogens with one attached hydrogen (secondary N) is 1. The molecule has 0 saturated carbocycles. The Morgan fingerprint density at radius 3 is 2.83 bits per heavy atom. The molecule has 2 aromatic rings. The lowest BCUT2D eigenvalue weighted by Crippen LogP contribution is -2.54. The first-order chi connectivity index (χ1) is 13.7. The van der Waals surface area contributed by atoms with Crippen molar-refractivity contribution in [2.24, 2.45) is 17.1 Å². The normalized spacial score (nSPS) is 20.9. The zero-order chi connectivity index (χ0) is 21.2. The van der Waals surface area contributed by atoms with Gasteiger partial charge < -0.3 is 16.0 Å². The number of nitrogens with zero attached hydrogens (tertiary/aromatic N) is 3. The van der Waals surface area contributed by atoms with Gasteiger partial charge in [0.1, 0.15) is 6.07 Å². The number of benzene rings is 1. The van der Waals surface area contributed by atoms with Crippen LogP contribution in [-0.4, -0.2) is 36.1 Å². The van der Waals surface area contributed by atoms with Crippen LogP contribution in [0.4, 0.5) is 5.69 Å². The molecule has 3 atom stereocenters.